The first-order valence-corrected chi connectivity index (χ1v) is 10.5. The molecule has 4 rings (SSSR count). The van der Waals surface area contributed by atoms with Crippen LogP contribution >= 0.6 is 11.6 Å². The van der Waals surface area contributed by atoms with Crippen LogP contribution in [0, 0.1) is 12.8 Å². The zero-order valence-corrected chi connectivity index (χ0v) is 17.9. The number of piperidine rings is 1. The smallest absolute Gasteiger partial charge is 0.308 e. The first-order valence-electron chi connectivity index (χ1n) is 10.1. The molecule has 0 radical (unpaired) electrons. The molecule has 1 aliphatic heterocycles. The van der Waals surface area contributed by atoms with Gasteiger partial charge >= 0.3 is 5.97 Å². The highest BCUT2D eigenvalue weighted by atomic mass is 35.5. The highest BCUT2D eigenvalue weighted by molar-refractivity contribution is 6.30. The Labute approximate surface area is 180 Å². The maximum absolute atomic E-state index is 11.6. The molecule has 2 aromatic heterocycles. The molecule has 1 N–H and O–H groups in total. The standard InChI is InChI=1S/C22H25ClN4O3/c1-14-18(9-11-30-2)21(26-10-3-4-16(13-26)22(28)29)27-20(24-14)12-19(25-27)15-5-7-17(23)8-6-15/h5-8,12,16H,3-4,9-11,13H2,1-2H3,(H,28,29). The Balaban J connectivity index is 1.85. The summed E-state index contributed by atoms with van der Waals surface area (Å²) in [4.78, 5) is 18.6. The zero-order valence-electron chi connectivity index (χ0n) is 17.1. The van der Waals surface area contributed by atoms with Gasteiger partial charge in [-0.1, -0.05) is 23.7 Å². The van der Waals surface area contributed by atoms with Crippen LogP contribution in [-0.4, -0.2) is 52.5 Å². The van der Waals surface area contributed by atoms with Crippen LogP contribution in [-0.2, 0) is 16.0 Å². The van der Waals surface area contributed by atoms with Crippen LogP contribution in [0.1, 0.15) is 24.1 Å². The Morgan fingerprint density at radius 2 is 2.10 bits per heavy atom. The number of anilines is 1. The SMILES string of the molecule is COCCc1c(C)nc2cc(-c3ccc(Cl)cc3)nn2c1N1CCCC(C(=O)O)C1. The van der Waals surface area contributed by atoms with Crippen LogP contribution in [0.2, 0.25) is 5.02 Å². The van der Waals surface area contributed by atoms with Gasteiger partial charge in [0.25, 0.3) is 0 Å². The van der Waals surface area contributed by atoms with E-state index in [1.54, 1.807) is 7.11 Å². The van der Waals surface area contributed by atoms with Crippen LogP contribution in [0.5, 0.6) is 0 Å². The van der Waals surface area contributed by atoms with Crippen molar-refractivity contribution >= 4 is 29.0 Å². The van der Waals surface area contributed by atoms with Gasteiger partial charge < -0.3 is 14.7 Å². The summed E-state index contributed by atoms with van der Waals surface area (Å²) in [5, 5.41) is 15.1. The van der Waals surface area contributed by atoms with E-state index in [4.69, 9.17) is 26.4 Å². The van der Waals surface area contributed by atoms with Gasteiger partial charge in [0.1, 0.15) is 5.82 Å². The average Bonchev–Trinajstić information content (AvgIpc) is 3.15. The number of carboxylic acids is 1. The minimum absolute atomic E-state index is 0.385. The van der Waals surface area contributed by atoms with Crippen LogP contribution in [0.3, 0.4) is 0 Å². The third-order valence-electron chi connectivity index (χ3n) is 5.65. The van der Waals surface area contributed by atoms with Crippen LogP contribution in [0.25, 0.3) is 16.9 Å². The van der Waals surface area contributed by atoms with E-state index >= 15 is 0 Å². The highest BCUT2D eigenvalue weighted by Crippen LogP contribution is 2.31. The van der Waals surface area contributed by atoms with Gasteiger partial charge in [-0.25, -0.2) is 4.98 Å². The molecule has 0 aliphatic carbocycles. The third-order valence-corrected chi connectivity index (χ3v) is 5.90. The normalized spacial score (nSPS) is 16.9. The van der Waals surface area contributed by atoms with E-state index in [0.29, 0.717) is 31.0 Å². The number of carbonyl (C=O) groups is 1. The molecule has 1 atom stereocenters. The molecule has 7 nitrogen and oxygen atoms in total. The fourth-order valence-corrected chi connectivity index (χ4v) is 4.22. The van der Waals surface area contributed by atoms with E-state index in [9.17, 15) is 9.90 Å². The van der Waals surface area contributed by atoms with Crippen molar-refractivity contribution in [2.75, 3.05) is 31.7 Å². The summed E-state index contributed by atoms with van der Waals surface area (Å²) < 4.78 is 7.17. The number of hydrogen-bond donors (Lipinski definition) is 1. The molecular formula is C22H25ClN4O3. The summed E-state index contributed by atoms with van der Waals surface area (Å²) in [5.41, 5.74) is 4.45. The monoisotopic (exact) mass is 428 g/mol. The van der Waals surface area contributed by atoms with E-state index in [-0.39, 0.29) is 5.92 Å². The number of nitrogens with zero attached hydrogens (tertiary/aromatic N) is 4. The molecule has 0 bridgehead atoms. The summed E-state index contributed by atoms with van der Waals surface area (Å²) in [6, 6.07) is 9.51. The second kappa shape index (κ2) is 8.62. The van der Waals surface area contributed by atoms with Crippen molar-refractivity contribution in [1.29, 1.82) is 0 Å². The second-order valence-electron chi connectivity index (χ2n) is 7.67. The van der Waals surface area contributed by atoms with Crippen molar-refractivity contribution in [1.82, 2.24) is 14.6 Å². The molecule has 30 heavy (non-hydrogen) atoms. The van der Waals surface area contributed by atoms with Crippen molar-refractivity contribution in [3.63, 3.8) is 0 Å². The molecule has 0 spiro atoms. The van der Waals surface area contributed by atoms with Crippen molar-refractivity contribution in [2.24, 2.45) is 5.92 Å². The molecular weight excluding hydrogens is 404 g/mol. The van der Waals surface area contributed by atoms with E-state index in [0.717, 1.165) is 46.9 Å². The number of aliphatic carboxylic acids is 1. The lowest BCUT2D eigenvalue weighted by atomic mass is 9.97. The first-order chi connectivity index (χ1) is 14.5. The predicted octanol–water partition coefficient (Wildman–Crippen LogP) is 3.85. The lowest BCUT2D eigenvalue weighted by Crippen LogP contribution is -2.40. The Morgan fingerprint density at radius 3 is 2.80 bits per heavy atom. The molecule has 3 aromatic rings. The quantitative estimate of drug-likeness (QED) is 0.642. The number of fused-ring (bicyclic) bond motifs is 1. The molecule has 1 aliphatic rings. The number of carboxylic acid groups (broad SMARTS) is 1. The number of rotatable bonds is 6. The molecule has 0 amide bonds. The first kappa shape index (κ1) is 20.6. The molecule has 1 saturated heterocycles. The van der Waals surface area contributed by atoms with Crippen LogP contribution in [0.4, 0.5) is 5.82 Å². The van der Waals surface area contributed by atoms with Gasteiger partial charge in [-0.15, -0.1) is 0 Å². The molecule has 1 unspecified atom stereocenters. The molecule has 1 aromatic carbocycles. The van der Waals surface area contributed by atoms with E-state index in [1.807, 2.05) is 41.8 Å². The van der Waals surface area contributed by atoms with Crippen LogP contribution < -0.4 is 4.90 Å². The number of aryl methyl sites for hydroxylation is 1. The fraction of sp³-hybridized carbons (Fsp3) is 0.409. The fourth-order valence-electron chi connectivity index (χ4n) is 4.09. The topological polar surface area (TPSA) is 80.0 Å². The zero-order chi connectivity index (χ0) is 21.3. The van der Waals surface area contributed by atoms with Crippen molar-refractivity contribution in [3.05, 3.63) is 46.6 Å². The van der Waals surface area contributed by atoms with Gasteiger partial charge in [0, 0.05) is 54.5 Å². The van der Waals surface area contributed by atoms with Gasteiger partial charge in [0.05, 0.1) is 18.2 Å². The maximum Gasteiger partial charge on any atom is 0.308 e. The minimum Gasteiger partial charge on any atom is -0.481 e. The lowest BCUT2D eigenvalue weighted by molar-refractivity contribution is -0.141. The summed E-state index contributed by atoms with van der Waals surface area (Å²) in [7, 11) is 1.68. The number of benzene rings is 1. The summed E-state index contributed by atoms with van der Waals surface area (Å²) in [6.07, 6.45) is 2.21. The summed E-state index contributed by atoms with van der Waals surface area (Å²) >= 11 is 6.03. The number of ether oxygens (including phenoxy) is 1. The largest absolute Gasteiger partial charge is 0.481 e. The van der Waals surface area contributed by atoms with Crippen molar-refractivity contribution in [3.8, 4) is 11.3 Å². The second-order valence-corrected chi connectivity index (χ2v) is 8.11. The predicted molar refractivity (Wildman–Crippen MR) is 116 cm³/mol. The molecule has 1 fully saturated rings. The average molecular weight is 429 g/mol. The third kappa shape index (κ3) is 4.00. The Kier molecular flexibility index (Phi) is 5.92. The van der Waals surface area contributed by atoms with Gasteiger partial charge in [-0.2, -0.15) is 9.61 Å². The van der Waals surface area contributed by atoms with Gasteiger partial charge in [-0.3, -0.25) is 4.79 Å². The van der Waals surface area contributed by atoms with Gasteiger partial charge in [0.15, 0.2) is 5.65 Å². The van der Waals surface area contributed by atoms with E-state index < -0.39 is 5.97 Å². The lowest BCUT2D eigenvalue weighted by Gasteiger charge is -2.34. The number of aromatic nitrogens is 3. The minimum atomic E-state index is -0.748. The van der Waals surface area contributed by atoms with E-state index in [2.05, 4.69) is 4.90 Å². The van der Waals surface area contributed by atoms with Crippen molar-refractivity contribution in [2.45, 2.75) is 26.2 Å². The van der Waals surface area contributed by atoms with Crippen molar-refractivity contribution < 1.29 is 14.6 Å². The summed E-state index contributed by atoms with van der Waals surface area (Å²) in [6.45, 7) is 3.80. The van der Waals surface area contributed by atoms with Gasteiger partial charge in [-0.05, 0) is 31.9 Å². The van der Waals surface area contributed by atoms with Crippen LogP contribution in [0.15, 0.2) is 30.3 Å². The maximum atomic E-state index is 11.6. The Hall–Kier alpha value is -2.64. The number of hydrogen-bond acceptors (Lipinski definition) is 5. The molecule has 158 valence electrons. The number of methoxy groups -OCH3 is 1. The van der Waals surface area contributed by atoms with Gasteiger partial charge in [0.2, 0.25) is 0 Å². The molecule has 0 saturated carbocycles. The molecule has 3 heterocycles. The molecule has 8 heteroatoms. The summed E-state index contributed by atoms with van der Waals surface area (Å²) in [5.74, 6) is -0.216. The Morgan fingerprint density at radius 1 is 1.33 bits per heavy atom. The van der Waals surface area contributed by atoms with E-state index in [1.165, 1.54) is 0 Å². The highest BCUT2D eigenvalue weighted by Gasteiger charge is 2.29. The number of halogens is 1. The Bertz CT molecular complexity index is 1060.